The van der Waals surface area contributed by atoms with Crippen LogP contribution in [0.25, 0.3) is 0 Å². The third-order valence-corrected chi connectivity index (χ3v) is 1.79. The van der Waals surface area contributed by atoms with Gasteiger partial charge in [0.25, 0.3) is 0 Å². The standard InChI is InChI=1S/C9H18FNO/c1-5-8(12)6-11(4)9(10)7(2)3/h7,9H,5-6H2,1-4H3. The van der Waals surface area contributed by atoms with Crippen LogP contribution in [0.1, 0.15) is 27.2 Å². The summed E-state index contributed by atoms with van der Waals surface area (Å²) in [6.07, 6.45) is -0.532. The number of carbonyl (C=O) groups excluding carboxylic acids is 1. The smallest absolute Gasteiger partial charge is 0.156 e. The fourth-order valence-electron chi connectivity index (χ4n) is 0.986. The van der Waals surface area contributed by atoms with Gasteiger partial charge in [0.05, 0.1) is 6.54 Å². The lowest BCUT2D eigenvalue weighted by atomic mass is 10.2. The molecule has 0 aliphatic heterocycles. The Balaban J connectivity index is 3.86. The maximum Gasteiger partial charge on any atom is 0.156 e. The van der Waals surface area contributed by atoms with E-state index in [2.05, 4.69) is 0 Å². The summed E-state index contributed by atoms with van der Waals surface area (Å²) >= 11 is 0. The summed E-state index contributed by atoms with van der Waals surface area (Å²) in [6.45, 7) is 5.61. The number of ketones is 1. The van der Waals surface area contributed by atoms with Gasteiger partial charge in [-0.1, -0.05) is 20.8 Å². The molecule has 0 fully saturated rings. The van der Waals surface area contributed by atoms with Crippen molar-refractivity contribution in [3.63, 3.8) is 0 Å². The summed E-state index contributed by atoms with van der Waals surface area (Å²) in [4.78, 5) is 12.4. The molecule has 12 heavy (non-hydrogen) atoms. The van der Waals surface area contributed by atoms with Gasteiger partial charge in [0.1, 0.15) is 5.78 Å². The summed E-state index contributed by atoms with van der Waals surface area (Å²) in [5.41, 5.74) is 0. The molecule has 3 heteroatoms. The van der Waals surface area contributed by atoms with Crippen molar-refractivity contribution < 1.29 is 9.18 Å². The lowest BCUT2D eigenvalue weighted by Crippen LogP contribution is -2.35. The van der Waals surface area contributed by atoms with Crippen LogP contribution >= 0.6 is 0 Å². The molecule has 1 atom stereocenters. The van der Waals surface area contributed by atoms with Gasteiger partial charge in [-0.3, -0.25) is 9.69 Å². The third kappa shape index (κ3) is 3.81. The molecule has 0 rings (SSSR count). The first-order valence-electron chi connectivity index (χ1n) is 4.35. The van der Waals surface area contributed by atoms with Crippen LogP contribution in [0.5, 0.6) is 0 Å². The maximum atomic E-state index is 13.2. The van der Waals surface area contributed by atoms with Crippen molar-refractivity contribution in [3.05, 3.63) is 0 Å². The minimum Gasteiger partial charge on any atom is -0.298 e. The average Bonchev–Trinajstić information content (AvgIpc) is 2.02. The second-order valence-electron chi connectivity index (χ2n) is 3.42. The third-order valence-electron chi connectivity index (χ3n) is 1.79. The van der Waals surface area contributed by atoms with Crippen molar-refractivity contribution in [1.82, 2.24) is 4.90 Å². The minimum atomic E-state index is -1.01. The van der Waals surface area contributed by atoms with Gasteiger partial charge in [-0.2, -0.15) is 0 Å². The molecule has 0 spiro atoms. The zero-order chi connectivity index (χ0) is 9.72. The predicted octanol–water partition coefficient (Wildman–Crippen LogP) is 1.85. The Kier molecular flexibility index (Phi) is 5.06. The van der Waals surface area contributed by atoms with E-state index in [1.54, 1.807) is 27.8 Å². The lowest BCUT2D eigenvalue weighted by Gasteiger charge is -2.23. The molecule has 0 aromatic rings. The number of Topliss-reactive ketones (excluding diaryl/α,β-unsaturated/α-hetero) is 1. The fourth-order valence-corrected chi connectivity index (χ4v) is 0.986. The second kappa shape index (κ2) is 5.25. The van der Waals surface area contributed by atoms with Crippen LogP contribution in [-0.4, -0.2) is 30.6 Å². The molecule has 0 heterocycles. The molecule has 0 aliphatic carbocycles. The van der Waals surface area contributed by atoms with Gasteiger partial charge in [-0.15, -0.1) is 0 Å². The number of hydrogen-bond acceptors (Lipinski definition) is 2. The molecule has 0 saturated heterocycles. The first-order chi connectivity index (χ1) is 5.49. The number of rotatable bonds is 5. The Morgan fingerprint density at radius 1 is 1.50 bits per heavy atom. The molecule has 1 unspecified atom stereocenters. The van der Waals surface area contributed by atoms with Crippen LogP contribution < -0.4 is 0 Å². The minimum absolute atomic E-state index is 0.0559. The van der Waals surface area contributed by atoms with E-state index in [0.29, 0.717) is 6.42 Å². The highest BCUT2D eigenvalue weighted by molar-refractivity contribution is 5.80. The van der Waals surface area contributed by atoms with Crippen molar-refractivity contribution in [2.75, 3.05) is 13.6 Å². The summed E-state index contributed by atoms with van der Waals surface area (Å²) in [5, 5.41) is 0. The van der Waals surface area contributed by atoms with Crippen LogP contribution in [0.4, 0.5) is 4.39 Å². The van der Waals surface area contributed by atoms with E-state index in [0.717, 1.165) is 0 Å². The average molecular weight is 175 g/mol. The highest BCUT2D eigenvalue weighted by Crippen LogP contribution is 2.09. The topological polar surface area (TPSA) is 20.3 Å². The Bertz CT molecular complexity index is 147. The van der Waals surface area contributed by atoms with Crippen LogP contribution in [0.15, 0.2) is 0 Å². The molecule has 72 valence electrons. The maximum absolute atomic E-state index is 13.2. The van der Waals surface area contributed by atoms with Gasteiger partial charge >= 0.3 is 0 Å². The monoisotopic (exact) mass is 175 g/mol. The zero-order valence-corrected chi connectivity index (χ0v) is 8.30. The molecule has 0 aromatic carbocycles. The van der Waals surface area contributed by atoms with Gasteiger partial charge in [0.15, 0.2) is 6.30 Å². The fraction of sp³-hybridized carbons (Fsp3) is 0.889. The van der Waals surface area contributed by atoms with Gasteiger partial charge in [-0.05, 0) is 13.0 Å². The second-order valence-corrected chi connectivity index (χ2v) is 3.42. The zero-order valence-electron chi connectivity index (χ0n) is 8.30. The Morgan fingerprint density at radius 2 is 2.00 bits per heavy atom. The van der Waals surface area contributed by atoms with E-state index in [1.165, 1.54) is 4.90 Å². The Labute approximate surface area is 73.7 Å². The molecule has 0 amide bonds. The molecule has 0 saturated carbocycles. The molecular formula is C9H18FNO. The normalized spacial score (nSPS) is 13.9. The van der Waals surface area contributed by atoms with Crippen LogP contribution in [0, 0.1) is 5.92 Å². The SMILES string of the molecule is CCC(=O)CN(C)C(F)C(C)C. The summed E-state index contributed by atoms with van der Waals surface area (Å²) in [5.74, 6) is 0.0282. The molecular weight excluding hydrogens is 157 g/mol. The molecule has 0 aliphatic rings. The van der Waals surface area contributed by atoms with Gasteiger partial charge < -0.3 is 0 Å². The summed E-state index contributed by atoms with van der Waals surface area (Å²) in [6, 6.07) is 0. The largest absolute Gasteiger partial charge is 0.298 e. The van der Waals surface area contributed by atoms with Crippen molar-refractivity contribution in [2.24, 2.45) is 5.92 Å². The van der Waals surface area contributed by atoms with Crippen molar-refractivity contribution in [1.29, 1.82) is 0 Å². The van der Waals surface area contributed by atoms with Gasteiger partial charge in [0.2, 0.25) is 0 Å². The van der Waals surface area contributed by atoms with Crippen molar-refractivity contribution in [2.45, 2.75) is 33.5 Å². The number of carbonyl (C=O) groups is 1. The summed E-state index contributed by atoms with van der Waals surface area (Å²) < 4.78 is 13.2. The number of halogens is 1. The molecule has 0 aromatic heterocycles. The Morgan fingerprint density at radius 3 is 2.33 bits per heavy atom. The van der Waals surface area contributed by atoms with Crippen molar-refractivity contribution in [3.8, 4) is 0 Å². The van der Waals surface area contributed by atoms with E-state index in [9.17, 15) is 9.18 Å². The van der Waals surface area contributed by atoms with E-state index in [1.807, 2.05) is 0 Å². The molecule has 0 N–H and O–H groups in total. The number of hydrogen-bond donors (Lipinski definition) is 0. The quantitative estimate of drug-likeness (QED) is 0.594. The van der Waals surface area contributed by atoms with Gasteiger partial charge in [-0.25, -0.2) is 4.39 Å². The van der Waals surface area contributed by atoms with Crippen LogP contribution in [0.2, 0.25) is 0 Å². The van der Waals surface area contributed by atoms with E-state index < -0.39 is 6.30 Å². The van der Waals surface area contributed by atoms with Crippen LogP contribution in [0.3, 0.4) is 0 Å². The highest BCUT2D eigenvalue weighted by Gasteiger charge is 2.18. The van der Waals surface area contributed by atoms with E-state index >= 15 is 0 Å². The van der Waals surface area contributed by atoms with E-state index in [-0.39, 0.29) is 18.2 Å². The number of nitrogens with zero attached hydrogens (tertiary/aromatic N) is 1. The number of alkyl halides is 1. The molecule has 0 radical (unpaired) electrons. The number of likely N-dealkylation sites (N-methyl/N-ethyl adjacent to an activating group) is 1. The van der Waals surface area contributed by atoms with Gasteiger partial charge in [0, 0.05) is 6.42 Å². The lowest BCUT2D eigenvalue weighted by molar-refractivity contribution is -0.121. The molecule has 0 bridgehead atoms. The molecule has 2 nitrogen and oxygen atoms in total. The Hall–Kier alpha value is -0.440. The summed E-state index contributed by atoms with van der Waals surface area (Å²) in [7, 11) is 1.64. The first-order valence-corrected chi connectivity index (χ1v) is 4.35. The van der Waals surface area contributed by atoms with Crippen LogP contribution in [-0.2, 0) is 4.79 Å². The first kappa shape index (κ1) is 11.6. The predicted molar refractivity (Wildman–Crippen MR) is 47.7 cm³/mol. The van der Waals surface area contributed by atoms with Crippen molar-refractivity contribution >= 4 is 5.78 Å². The highest BCUT2D eigenvalue weighted by atomic mass is 19.1. The van der Waals surface area contributed by atoms with E-state index in [4.69, 9.17) is 0 Å².